The molecule has 3 aromatic rings. The number of sulfone groups is 1. The van der Waals surface area contributed by atoms with Crippen molar-refractivity contribution >= 4 is 38.7 Å². The van der Waals surface area contributed by atoms with Gasteiger partial charge in [0.25, 0.3) is 0 Å². The first-order valence-corrected chi connectivity index (χ1v) is 11.4. The van der Waals surface area contributed by atoms with E-state index in [0.717, 1.165) is 22.2 Å². The lowest BCUT2D eigenvalue weighted by atomic mass is 10.1. The van der Waals surface area contributed by atoms with E-state index < -0.39 is 20.8 Å². The van der Waals surface area contributed by atoms with E-state index in [0.29, 0.717) is 31.5 Å². The summed E-state index contributed by atoms with van der Waals surface area (Å²) in [6.45, 7) is 1.37. The summed E-state index contributed by atoms with van der Waals surface area (Å²) in [6.07, 6.45) is 4.97. The highest BCUT2D eigenvalue weighted by Gasteiger charge is 2.29. The Morgan fingerprint density at radius 1 is 1.03 bits per heavy atom. The molecule has 1 saturated heterocycles. The summed E-state index contributed by atoms with van der Waals surface area (Å²) in [5, 5.41) is 11.1. The SMILES string of the molecule is O=C(CS(=O)(=O)C1CCNCC1)c1ccc(C=Cc2n[nH]c3ccccc23)cc1. The Hall–Kier alpha value is -2.77. The summed E-state index contributed by atoms with van der Waals surface area (Å²) in [4.78, 5) is 12.5. The van der Waals surface area contributed by atoms with Crippen LogP contribution in [0.4, 0.5) is 0 Å². The first-order chi connectivity index (χ1) is 14.0. The molecule has 0 spiro atoms. The van der Waals surface area contributed by atoms with Crippen LogP contribution < -0.4 is 5.32 Å². The van der Waals surface area contributed by atoms with Crippen molar-refractivity contribution in [2.24, 2.45) is 0 Å². The summed E-state index contributed by atoms with van der Waals surface area (Å²) < 4.78 is 25.0. The Morgan fingerprint density at radius 2 is 1.76 bits per heavy atom. The molecule has 4 rings (SSSR count). The van der Waals surface area contributed by atoms with E-state index in [-0.39, 0.29) is 5.78 Å². The Kier molecular flexibility index (Phi) is 5.60. The van der Waals surface area contributed by atoms with Gasteiger partial charge in [-0.25, -0.2) is 8.42 Å². The van der Waals surface area contributed by atoms with Gasteiger partial charge in [-0.05, 0) is 43.6 Å². The van der Waals surface area contributed by atoms with E-state index in [4.69, 9.17) is 0 Å². The molecule has 6 nitrogen and oxygen atoms in total. The fraction of sp³-hybridized carbons (Fsp3) is 0.273. The summed E-state index contributed by atoms with van der Waals surface area (Å²) in [5.74, 6) is -0.774. The van der Waals surface area contributed by atoms with Gasteiger partial charge in [0.05, 0.1) is 16.5 Å². The smallest absolute Gasteiger partial charge is 0.177 e. The highest BCUT2D eigenvalue weighted by atomic mass is 32.2. The summed E-state index contributed by atoms with van der Waals surface area (Å²) in [6, 6.07) is 14.9. The molecule has 1 fully saturated rings. The lowest BCUT2D eigenvalue weighted by molar-refractivity contribution is 0.102. The number of nitrogens with zero attached hydrogens (tertiary/aromatic N) is 1. The van der Waals surface area contributed by atoms with Crippen LogP contribution in [0.25, 0.3) is 23.1 Å². The van der Waals surface area contributed by atoms with Gasteiger partial charge in [0.2, 0.25) is 0 Å². The largest absolute Gasteiger partial charge is 0.317 e. The molecule has 0 amide bonds. The van der Waals surface area contributed by atoms with Crippen LogP contribution >= 0.6 is 0 Å². The second-order valence-corrected chi connectivity index (χ2v) is 9.57. The third-order valence-corrected chi connectivity index (χ3v) is 7.44. The average Bonchev–Trinajstić information content (AvgIpc) is 3.16. The maximum Gasteiger partial charge on any atom is 0.177 e. The number of H-pyrrole nitrogens is 1. The van der Waals surface area contributed by atoms with Crippen LogP contribution in [-0.4, -0.2) is 48.5 Å². The molecular weight excluding hydrogens is 386 g/mol. The number of piperidine rings is 1. The highest BCUT2D eigenvalue weighted by molar-refractivity contribution is 7.92. The van der Waals surface area contributed by atoms with Crippen molar-refractivity contribution < 1.29 is 13.2 Å². The number of rotatable bonds is 6. The molecule has 1 aromatic heterocycles. The standard InChI is InChI=1S/C22H23N3O3S/c26-22(15-29(27,28)18-11-13-23-14-12-18)17-8-5-16(6-9-17)7-10-21-19-3-1-2-4-20(19)24-25-21/h1-10,18,23H,11-15H2,(H,24,25). The lowest BCUT2D eigenvalue weighted by Crippen LogP contribution is -2.38. The molecular formula is C22H23N3O3S. The van der Waals surface area contributed by atoms with E-state index in [1.165, 1.54) is 0 Å². The van der Waals surface area contributed by atoms with Crippen molar-refractivity contribution in [1.82, 2.24) is 15.5 Å². The van der Waals surface area contributed by atoms with Crippen LogP contribution in [0.5, 0.6) is 0 Å². The van der Waals surface area contributed by atoms with Gasteiger partial charge in [-0.2, -0.15) is 5.10 Å². The van der Waals surface area contributed by atoms with Gasteiger partial charge >= 0.3 is 0 Å². The Labute approximate surface area is 169 Å². The summed E-state index contributed by atoms with van der Waals surface area (Å²) in [7, 11) is -3.42. The minimum Gasteiger partial charge on any atom is -0.317 e. The van der Waals surface area contributed by atoms with Crippen molar-refractivity contribution in [3.8, 4) is 0 Å². The van der Waals surface area contributed by atoms with Crippen LogP contribution in [0.1, 0.15) is 34.5 Å². The number of aromatic nitrogens is 2. The molecule has 1 aliphatic rings. The van der Waals surface area contributed by atoms with E-state index in [9.17, 15) is 13.2 Å². The fourth-order valence-electron chi connectivity index (χ4n) is 3.61. The second kappa shape index (κ2) is 8.31. The van der Waals surface area contributed by atoms with Gasteiger partial charge in [-0.15, -0.1) is 0 Å². The predicted molar refractivity (Wildman–Crippen MR) is 115 cm³/mol. The molecule has 2 N–H and O–H groups in total. The molecule has 1 aliphatic heterocycles. The number of hydrogen-bond donors (Lipinski definition) is 2. The normalized spacial score (nSPS) is 15.9. The number of carbonyl (C=O) groups is 1. The average molecular weight is 410 g/mol. The maximum absolute atomic E-state index is 12.5. The van der Waals surface area contributed by atoms with Gasteiger partial charge in [-0.3, -0.25) is 9.89 Å². The monoisotopic (exact) mass is 409 g/mol. The van der Waals surface area contributed by atoms with Gasteiger partial charge < -0.3 is 5.32 Å². The van der Waals surface area contributed by atoms with E-state index >= 15 is 0 Å². The number of aromatic amines is 1. The minimum atomic E-state index is -3.42. The first kappa shape index (κ1) is 19.5. The van der Waals surface area contributed by atoms with Crippen molar-refractivity contribution in [3.63, 3.8) is 0 Å². The molecule has 0 atom stereocenters. The molecule has 0 bridgehead atoms. The molecule has 2 aromatic carbocycles. The van der Waals surface area contributed by atoms with Crippen LogP contribution in [-0.2, 0) is 9.84 Å². The molecule has 0 aliphatic carbocycles. The zero-order chi connectivity index (χ0) is 20.3. The first-order valence-electron chi connectivity index (χ1n) is 9.70. The molecule has 0 unspecified atom stereocenters. The topological polar surface area (TPSA) is 91.9 Å². The number of nitrogens with one attached hydrogen (secondary N) is 2. The lowest BCUT2D eigenvalue weighted by Gasteiger charge is -2.22. The quantitative estimate of drug-likeness (QED) is 0.611. The zero-order valence-corrected chi connectivity index (χ0v) is 16.8. The van der Waals surface area contributed by atoms with Crippen LogP contribution in [0, 0.1) is 0 Å². The van der Waals surface area contributed by atoms with Crippen LogP contribution in [0.15, 0.2) is 48.5 Å². The van der Waals surface area contributed by atoms with Crippen molar-refractivity contribution in [3.05, 3.63) is 65.4 Å². The number of para-hydroxylation sites is 1. The number of carbonyl (C=O) groups excluding carboxylic acids is 1. The number of Topliss-reactive ketones (excluding diaryl/α,β-unsaturated/α-hetero) is 1. The summed E-state index contributed by atoms with van der Waals surface area (Å²) >= 11 is 0. The van der Waals surface area contributed by atoms with Crippen molar-refractivity contribution in [2.75, 3.05) is 18.8 Å². The molecule has 7 heteroatoms. The van der Waals surface area contributed by atoms with E-state index in [2.05, 4.69) is 15.5 Å². The second-order valence-electron chi connectivity index (χ2n) is 7.29. The molecule has 0 radical (unpaired) electrons. The molecule has 0 saturated carbocycles. The third-order valence-electron chi connectivity index (χ3n) is 5.29. The number of benzene rings is 2. The Morgan fingerprint density at radius 3 is 2.52 bits per heavy atom. The van der Waals surface area contributed by atoms with Crippen molar-refractivity contribution in [2.45, 2.75) is 18.1 Å². The Bertz CT molecular complexity index is 1140. The van der Waals surface area contributed by atoms with Crippen LogP contribution in [0.2, 0.25) is 0 Å². The molecule has 2 heterocycles. The summed E-state index contributed by atoms with van der Waals surface area (Å²) in [5.41, 5.74) is 3.15. The van der Waals surface area contributed by atoms with Gasteiger partial charge in [0.1, 0.15) is 5.75 Å². The number of ketones is 1. The molecule has 29 heavy (non-hydrogen) atoms. The van der Waals surface area contributed by atoms with Gasteiger partial charge in [0, 0.05) is 10.9 Å². The predicted octanol–water partition coefficient (Wildman–Crippen LogP) is 3.08. The van der Waals surface area contributed by atoms with E-state index in [1.807, 2.05) is 48.6 Å². The van der Waals surface area contributed by atoms with Gasteiger partial charge in [-0.1, -0.05) is 48.5 Å². The number of hydrogen-bond acceptors (Lipinski definition) is 5. The minimum absolute atomic E-state index is 0.350. The third kappa shape index (κ3) is 4.46. The van der Waals surface area contributed by atoms with E-state index in [1.54, 1.807) is 12.1 Å². The van der Waals surface area contributed by atoms with Crippen molar-refractivity contribution in [1.29, 1.82) is 0 Å². The maximum atomic E-state index is 12.5. The zero-order valence-electron chi connectivity index (χ0n) is 16.0. The Balaban J connectivity index is 1.44. The van der Waals surface area contributed by atoms with Crippen LogP contribution in [0.3, 0.4) is 0 Å². The van der Waals surface area contributed by atoms with Gasteiger partial charge in [0.15, 0.2) is 15.6 Å². The molecule has 150 valence electrons. The fourth-order valence-corrected chi connectivity index (χ4v) is 5.33. The number of fused-ring (bicyclic) bond motifs is 1. The highest BCUT2D eigenvalue weighted by Crippen LogP contribution is 2.19.